The predicted molar refractivity (Wildman–Crippen MR) is 636 cm³/mol. The molecule has 0 rings (SSSR count). The smallest absolute Gasteiger partial charge is 0.0699 e. The third-order valence-corrected chi connectivity index (χ3v) is 20.2. The topological polar surface area (TPSA) is 0 Å². The van der Waals surface area contributed by atoms with Crippen LogP contribution in [0.25, 0.3) is 0 Å². The zero-order chi connectivity index (χ0) is 106. The third kappa shape index (κ3) is 81.3. The van der Waals surface area contributed by atoms with Crippen LogP contribution in [0, 0.1) is 419 Å². The number of hydrogen-bond donors (Lipinski definition) is 0. The molecular weight excluding hydrogens is 1610 g/mol. The van der Waals surface area contributed by atoms with E-state index in [1.54, 1.807) is 155 Å². The van der Waals surface area contributed by atoms with E-state index in [1.165, 1.54) is 0 Å². The maximum Gasteiger partial charge on any atom is 0.0699 e. The maximum absolute atomic E-state index is 6.71. The summed E-state index contributed by atoms with van der Waals surface area (Å²) >= 11 is 0. The van der Waals surface area contributed by atoms with Gasteiger partial charge < -0.3 is 0 Å². The van der Waals surface area contributed by atoms with Crippen LogP contribution in [-0.4, -0.2) is 361 Å². The van der Waals surface area contributed by atoms with Crippen LogP contribution in [0.15, 0.2) is 0 Å². The lowest BCUT2D eigenvalue weighted by Gasteiger charge is -2.39. The van der Waals surface area contributed by atoms with Crippen molar-refractivity contribution in [3.63, 3.8) is 0 Å². The minimum Gasteiger partial charge on any atom is -0.106 e. The van der Waals surface area contributed by atoms with Crippen molar-refractivity contribution in [2.75, 3.05) is 0 Å². The van der Waals surface area contributed by atoms with E-state index in [4.69, 9.17) is 361 Å². The average Bonchev–Trinajstić information content (AvgIpc) is 0.833. The fraction of sp³-hybridized carbons (Fsp3) is 0.516. The molecule has 0 saturated carbocycles. The van der Waals surface area contributed by atoms with E-state index in [0.29, 0.717) is 0 Å². The Morgan fingerprint density at radius 2 is 0.115 bits per heavy atom. The molecule has 0 aliphatic carbocycles. The summed E-state index contributed by atoms with van der Waals surface area (Å²) in [5.41, 5.74) is -23.5. The van der Waals surface area contributed by atoms with Gasteiger partial charge in [0, 0.05) is 0 Å². The molecule has 0 aliphatic heterocycles. The highest BCUT2D eigenvalue weighted by atomic mass is 14.4. The molecule has 0 saturated heterocycles. The Hall–Kier alpha value is 2.99. The highest BCUT2D eigenvalue weighted by Crippen LogP contribution is 2.49. The van der Waals surface area contributed by atoms with Gasteiger partial charge in [0.2, 0.25) is 0 Å². The standard InChI is InChI=1S/C93H97B46/c1-48(94)3-50(26-72(96)97)5-52(16-62(28-74(100)101)29-75(102)103)7-54(8-53(6-51(4-49(2)95)27-73(98)99)17-63(30-76(104)105)31-77(106)107)9-55(10-56(12-58(18-64(32-78(108)109)33-79(110)111)19-65(34-80(112)113)35-81(114)115)13-59(20-66(36-82(116)117)37-83(118)119)21-67(38-84(120)121)39-85(122)123)11-57(14-60(22-68(40-86(124)125)41-87(126)127)23-69(42-88(128)129)43-89(130)131)15-61(24-70(44-90(132)133)45-91(134)135)25-71(46-92(136)137)47-93(138)139/h3-93H,1-2H3. The molecule has 0 amide bonds. The molecule has 0 nitrogen and oxygen atoms in total. The van der Waals surface area contributed by atoms with Gasteiger partial charge in [0.15, 0.2) is 0 Å². The van der Waals surface area contributed by atoms with Crippen LogP contribution in [0.5, 0.6) is 0 Å². The molecule has 0 fully saturated rings. The number of hydrogen-bond acceptors (Lipinski definition) is 0. The lowest BCUT2D eigenvalue weighted by molar-refractivity contribution is 0.457. The molecule has 6 atom stereocenters. The molecule has 0 aromatic carbocycles. The van der Waals surface area contributed by atoms with Crippen LogP contribution in [-0.2, 0) is 0 Å². The Bertz CT molecular complexity index is 2090. The Labute approximate surface area is 923 Å². The van der Waals surface area contributed by atoms with Crippen LogP contribution in [0.2, 0.25) is 137 Å². The summed E-state index contributed by atoms with van der Waals surface area (Å²) < 4.78 is 0. The quantitative estimate of drug-likeness (QED) is 0.0820. The fourth-order valence-electron chi connectivity index (χ4n) is 16.0. The van der Waals surface area contributed by atoms with Gasteiger partial charge in [-0.1, -0.05) is 25.5 Å². The van der Waals surface area contributed by atoms with Gasteiger partial charge in [-0.3, -0.25) is 0 Å². The summed E-state index contributed by atoms with van der Waals surface area (Å²) in [5.74, 6) is -20.3. The van der Waals surface area contributed by atoms with Crippen LogP contribution in [0.1, 0.15) is 13.8 Å². The molecule has 6 unspecified atom stereocenters. The molecule has 46 heteroatoms. The first-order chi connectivity index (χ1) is 64.5. The first-order valence-electron chi connectivity index (χ1n) is 46.5. The molecule has 0 aliphatic rings. The predicted octanol–water partition coefficient (Wildman–Crippen LogP) is 3.52. The SMILES string of the molecule is [B]C([B])[CH]C([CH]C([B])[B])[CH]C([CH]C([CH]C([B])[B])[CH]C([B])[B])[CH]C([CH]C([CH]C([CH]C([B])[B])[CH]C([B])[B])[CH]C([CH]C([B])[B])[CH]C([B])[B])[CH]C([CH]C([CH]C([CH]C([CH]C([B])[B])[CH]C([B])[B])[CH]C([CH]C([B])[B])[CH]C([B])[B])[CH]C([CH]C([CH]C([B])[B])[CH]C([B])[B])[CH]C([CH]C([B])[B])[CH]C([B])[B])[CH]C([CH]C([CH]C([CH]C([B])[B])[CH]C([B])[B])[CH]C([CH]C([B])[B])[CH]C([B])C)[CH]C([CH]C([CH]C([B])[B])[CH]C([B])[B])[CH]C([CH]C([B])[B])[CH]C([B])C. The van der Waals surface area contributed by atoms with E-state index in [1.807, 2.05) is 148 Å². The molecule has 139 heavy (non-hydrogen) atoms. The zero-order valence-electron chi connectivity index (χ0n) is 81.1. The summed E-state index contributed by atoms with van der Waals surface area (Å²) in [4.78, 5) is 0. The van der Waals surface area contributed by atoms with Gasteiger partial charge in [-0.2, -0.15) is 0 Å². The van der Waals surface area contributed by atoms with Gasteiger partial charge in [-0.05, 0) is 419 Å². The van der Waals surface area contributed by atoms with Crippen molar-refractivity contribution in [1.29, 1.82) is 0 Å². The first kappa shape index (κ1) is 142. The van der Waals surface area contributed by atoms with Crippen molar-refractivity contribution in [3.8, 4) is 0 Å². The Morgan fingerprint density at radius 3 is 0.158 bits per heavy atom. The molecule has 0 aromatic rings. The van der Waals surface area contributed by atoms with E-state index in [2.05, 4.69) is 0 Å². The highest BCUT2D eigenvalue weighted by Gasteiger charge is 2.41. The first-order valence-corrected chi connectivity index (χ1v) is 46.5. The Balaban J connectivity index is 12.3. The summed E-state index contributed by atoms with van der Waals surface area (Å²) in [6.45, 7) is 3.57. The summed E-state index contributed by atoms with van der Waals surface area (Å²) in [5, 5.41) is 0. The second kappa shape index (κ2) is 79.9. The van der Waals surface area contributed by atoms with Gasteiger partial charge in [0.25, 0.3) is 0 Å². The normalized spacial score (nSPS) is 14.9. The highest BCUT2D eigenvalue weighted by molar-refractivity contribution is 6.44. The van der Waals surface area contributed by atoms with Crippen molar-refractivity contribution in [2.24, 2.45) is 130 Å². The van der Waals surface area contributed by atoms with E-state index >= 15 is 0 Å². The monoisotopic (exact) mass is 1720 g/mol. The summed E-state index contributed by atoms with van der Waals surface area (Å²) in [7, 11) is 299. The third-order valence-electron chi connectivity index (χ3n) is 20.2. The van der Waals surface area contributed by atoms with E-state index < -0.39 is 268 Å². The molecule has 607 valence electrons. The fourth-order valence-corrected chi connectivity index (χ4v) is 16.0. The molecule has 0 spiro atoms. The second-order valence-corrected chi connectivity index (χ2v) is 35.8. The largest absolute Gasteiger partial charge is 0.106 e. The van der Waals surface area contributed by atoms with E-state index in [-0.39, 0.29) is 0 Å². The summed E-state index contributed by atoms with van der Waals surface area (Å²) in [6.07, 6.45) is 80.5. The minimum absolute atomic E-state index is 0.578. The van der Waals surface area contributed by atoms with Gasteiger partial charge in [-0.25, -0.2) is 0 Å². The van der Waals surface area contributed by atoms with Crippen molar-refractivity contribution >= 4 is 361 Å². The molecule has 0 bridgehead atoms. The number of rotatable bonds is 90. The van der Waals surface area contributed by atoms with Gasteiger partial charge in [-0.15, -0.1) is 126 Å². The van der Waals surface area contributed by atoms with Crippen LogP contribution in [0.3, 0.4) is 0 Å². The average molecular weight is 1710 g/mol. The van der Waals surface area contributed by atoms with Crippen LogP contribution < -0.4 is 0 Å². The zero-order valence-corrected chi connectivity index (χ0v) is 81.1. The minimum atomic E-state index is -1.13. The Morgan fingerprint density at radius 1 is 0.0719 bits per heavy atom. The lowest BCUT2D eigenvalue weighted by Crippen LogP contribution is -2.31. The summed E-state index contributed by atoms with van der Waals surface area (Å²) in [6, 6.07) is 0. The van der Waals surface area contributed by atoms with Crippen molar-refractivity contribution in [1.82, 2.24) is 0 Å². The molecular formula is C93H97B46. The molecule has 0 aromatic heterocycles. The van der Waals surface area contributed by atoms with Crippen molar-refractivity contribution < 1.29 is 0 Å². The maximum atomic E-state index is 6.71. The molecule has 137 radical (unpaired) electrons. The van der Waals surface area contributed by atoms with Crippen LogP contribution in [0.4, 0.5) is 0 Å². The van der Waals surface area contributed by atoms with Gasteiger partial charge >= 0.3 is 0 Å². The van der Waals surface area contributed by atoms with E-state index in [0.717, 1.165) is 0 Å². The Kier molecular flexibility index (Phi) is 81.6. The second-order valence-electron chi connectivity index (χ2n) is 35.8. The van der Waals surface area contributed by atoms with Crippen molar-refractivity contribution in [2.45, 2.75) is 151 Å². The van der Waals surface area contributed by atoms with Gasteiger partial charge in [0.1, 0.15) is 0 Å². The molecule has 0 heterocycles. The van der Waals surface area contributed by atoms with Gasteiger partial charge in [0.05, 0.1) is 361 Å². The van der Waals surface area contributed by atoms with E-state index in [9.17, 15) is 0 Å². The molecule has 0 N–H and O–H groups in total. The van der Waals surface area contributed by atoms with Crippen LogP contribution >= 0.6 is 0 Å². The lowest BCUT2D eigenvalue weighted by atomic mass is 9.58. The van der Waals surface area contributed by atoms with Crippen molar-refractivity contribution in [3.05, 3.63) is 289 Å².